The maximum absolute atomic E-state index is 12.3. The standard InChI is InChI=1S/C17H20N2O3S/c1-2-10-21-17(20)14-5-3-4-13(12-6-7-12)15(14)11-22-16-8-9-19(23)18-16/h3-5,8-9,12,23H,2,6-7,10-11H2,1H3. The lowest BCUT2D eigenvalue weighted by Gasteiger charge is -2.14. The zero-order chi connectivity index (χ0) is 16.2. The summed E-state index contributed by atoms with van der Waals surface area (Å²) in [6, 6.07) is 7.54. The average Bonchev–Trinajstić information content (AvgIpc) is 3.32. The van der Waals surface area contributed by atoms with Crippen LogP contribution in [-0.4, -0.2) is 21.8 Å². The third-order valence-electron chi connectivity index (χ3n) is 3.80. The van der Waals surface area contributed by atoms with Crippen molar-refractivity contribution < 1.29 is 14.3 Å². The van der Waals surface area contributed by atoms with Gasteiger partial charge >= 0.3 is 5.97 Å². The van der Waals surface area contributed by atoms with Crippen molar-refractivity contribution >= 4 is 18.8 Å². The molecule has 5 nitrogen and oxygen atoms in total. The van der Waals surface area contributed by atoms with E-state index in [1.165, 1.54) is 9.65 Å². The van der Waals surface area contributed by atoms with Crippen molar-refractivity contribution in [3.8, 4) is 5.88 Å². The van der Waals surface area contributed by atoms with Crippen molar-refractivity contribution in [3.63, 3.8) is 0 Å². The summed E-state index contributed by atoms with van der Waals surface area (Å²) in [5.41, 5.74) is 2.68. The van der Waals surface area contributed by atoms with Crippen molar-refractivity contribution in [2.45, 2.75) is 38.7 Å². The number of nitrogens with zero attached hydrogens (tertiary/aromatic N) is 2. The number of ether oxygens (including phenoxy) is 2. The molecule has 0 radical (unpaired) electrons. The summed E-state index contributed by atoms with van der Waals surface area (Å²) in [7, 11) is 0. The quantitative estimate of drug-likeness (QED) is 0.622. The van der Waals surface area contributed by atoms with E-state index in [2.05, 4.69) is 24.0 Å². The Balaban J connectivity index is 1.83. The van der Waals surface area contributed by atoms with Gasteiger partial charge in [0.1, 0.15) is 6.61 Å². The minimum Gasteiger partial charge on any atom is -0.472 e. The van der Waals surface area contributed by atoms with E-state index in [9.17, 15) is 4.79 Å². The number of esters is 1. The van der Waals surface area contributed by atoms with Gasteiger partial charge in [-0.15, -0.1) is 5.10 Å². The number of thiol groups is 1. The van der Waals surface area contributed by atoms with Crippen LogP contribution in [0.25, 0.3) is 0 Å². The molecule has 1 aromatic heterocycles. The van der Waals surface area contributed by atoms with Crippen LogP contribution in [0.15, 0.2) is 30.5 Å². The number of benzene rings is 1. The molecule has 1 aromatic carbocycles. The summed E-state index contributed by atoms with van der Waals surface area (Å²) >= 11 is 4.09. The zero-order valence-corrected chi connectivity index (χ0v) is 14.0. The fourth-order valence-corrected chi connectivity index (χ4v) is 2.68. The molecule has 1 fully saturated rings. The van der Waals surface area contributed by atoms with E-state index in [1.807, 2.05) is 13.0 Å². The number of rotatable bonds is 7. The predicted molar refractivity (Wildman–Crippen MR) is 89.9 cm³/mol. The molecule has 1 saturated carbocycles. The van der Waals surface area contributed by atoms with Crippen LogP contribution in [0.3, 0.4) is 0 Å². The minimum absolute atomic E-state index is 0.285. The second kappa shape index (κ2) is 7.08. The smallest absolute Gasteiger partial charge is 0.338 e. The van der Waals surface area contributed by atoms with E-state index in [1.54, 1.807) is 18.3 Å². The zero-order valence-electron chi connectivity index (χ0n) is 13.1. The molecule has 3 rings (SSSR count). The van der Waals surface area contributed by atoms with E-state index in [0.717, 1.165) is 24.8 Å². The molecule has 6 heteroatoms. The monoisotopic (exact) mass is 332 g/mol. The van der Waals surface area contributed by atoms with Gasteiger partial charge in [-0.1, -0.05) is 19.1 Å². The van der Waals surface area contributed by atoms with Crippen molar-refractivity contribution in [1.82, 2.24) is 9.19 Å². The topological polar surface area (TPSA) is 53.4 Å². The summed E-state index contributed by atoms with van der Waals surface area (Å²) in [5, 5.41) is 4.08. The van der Waals surface area contributed by atoms with Gasteiger partial charge in [-0.3, -0.25) is 0 Å². The van der Waals surface area contributed by atoms with Gasteiger partial charge in [0.25, 0.3) is 0 Å². The normalized spacial score (nSPS) is 13.8. The first-order valence-electron chi connectivity index (χ1n) is 7.85. The molecule has 0 atom stereocenters. The van der Waals surface area contributed by atoms with Gasteiger partial charge in [0.15, 0.2) is 0 Å². The minimum atomic E-state index is -0.285. The van der Waals surface area contributed by atoms with Crippen molar-refractivity contribution in [2.24, 2.45) is 0 Å². The van der Waals surface area contributed by atoms with Crippen LogP contribution in [0.1, 0.15) is 53.6 Å². The maximum atomic E-state index is 12.3. The molecule has 2 aromatic rings. The van der Waals surface area contributed by atoms with Crippen LogP contribution in [0.4, 0.5) is 0 Å². The largest absolute Gasteiger partial charge is 0.472 e. The molecule has 0 unspecified atom stereocenters. The Bertz CT molecular complexity index is 695. The van der Waals surface area contributed by atoms with Gasteiger partial charge in [0.2, 0.25) is 5.88 Å². The molecule has 0 N–H and O–H groups in total. The molecule has 1 aliphatic carbocycles. The lowest BCUT2D eigenvalue weighted by atomic mass is 9.98. The van der Waals surface area contributed by atoms with Crippen molar-refractivity contribution in [1.29, 1.82) is 0 Å². The van der Waals surface area contributed by atoms with Crippen LogP contribution in [0, 0.1) is 0 Å². The molecule has 0 amide bonds. The number of carbonyl (C=O) groups excluding carboxylic acids is 1. The third-order valence-corrected chi connectivity index (χ3v) is 4.03. The van der Waals surface area contributed by atoms with E-state index in [0.29, 0.717) is 30.6 Å². The lowest BCUT2D eigenvalue weighted by Crippen LogP contribution is -2.12. The van der Waals surface area contributed by atoms with Crippen molar-refractivity contribution in [3.05, 3.63) is 47.2 Å². The number of hydrogen-bond donors (Lipinski definition) is 1. The Kier molecular flexibility index (Phi) is 4.91. The van der Waals surface area contributed by atoms with E-state index in [4.69, 9.17) is 9.47 Å². The van der Waals surface area contributed by atoms with E-state index in [-0.39, 0.29) is 5.97 Å². The summed E-state index contributed by atoms with van der Waals surface area (Å²) < 4.78 is 12.4. The molecule has 122 valence electrons. The van der Waals surface area contributed by atoms with Crippen LogP contribution in [-0.2, 0) is 11.3 Å². The summed E-state index contributed by atoms with van der Waals surface area (Å²) in [6.45, 7) is 2.70. The Morgan fingerprint density at radius 2 is 2.22 bits per heavy atom. The second-order valence-corrected chi connectivity index (χ2v) is 6.06. The molecular formula is C17H20N2O3S. The van der Waals surface area contributed by atoms with Crippen LogP contribution in [0.2, 0.25) is 0 Å². The summed E-state index contributed by atoms with van der Waals surface area (Å²) in [6.07, 6.45) is 4.82. The van der Waals surface area contributed by atoms with Gasteiger partial charge in [-0.2, -0.15) is 0 Å². The molecule has 0 saturated heterocycles. The first kappa shape index (κ1) is 15.9. The van der Waals surface area contributed by atoms with Gasteiger partial charge in [-0.25, -0.2) is 8.88 Å². The number of carbonyl (C=O) groups is 1. The second-order valence-electron chi connectivity index (χ2n) is 5.65. The Morgan fingerprint density at radius 1 is 1.39 bits per heavy atom. The van der Waals surface area contributed by atoms with Crippen LogP contribution >= 0.6 is 12.8 Å². The average molecular weight is 332 g/mol. The molecule has 0 spiro atoms. The summed E-state index contributed by atoms with van der Waals surface area (Å²) in [5.74, 6) is 0.723. The highest BCUT2D eigenvalue weighted by Crippen LogP contribution is 2.42. The van der Waals surface area contributed by atoms with Crippen LogP contribution < -0.4 is 4.74 Å². The SMILES string of the molecule is CCCOC(=O)c1cccc(C2CC2)c1COc1ccn(S)n1. The molecule has 1 aliphatic rings. The fourth-order valence-electron chi connectivity index (χ4n) is 2.53. The maximum Gasteiger partial charge on any atom is 0.338 e. The first-order chi connectivity index (χ1) is 11.2. The Morgan fingerprint density at radius 3 is 2.87 bits per heavy atom. The van der Waals surface area contributed by atoms with Crippen LogP contribution in [0.5, 0.6) is 5.88 Å². The highest BCUT2D eigenvalue weighted by Gasteiger charge is 2.28. The van der Waals surface area contributed by atoms with Crippen molar-refractivity contribution in [2.75, 3.05) is 6.61 Å². The molecule has 23 heavy (non-hydrogen) atoms. The van der Waals surface area contributed by atoms with E-state index < -0.39 is 0 Å². The molecular weight excluding hydrogens is 312 g/mol. The van der Waals surface area contributed by atoms with Gasteiger partial charge in [-0.05, 0) is 49.6 Å². The Hall–Kier alpha value is -1.95. The number of hydrogen-bond acceptors (Lipinski definition) is 5. The molecule has 0 aliphatic heterocycles. The third kappa shape index (κ3) is 3.88. The van der Waals surface area contributed by atoms with Gasteiger partial charge in [0, 0.05) is 17.8 Å². The first-order valence-corrected chi connectivity index (χ1v) is 8.25. The summed E-state index contributed by atoms with van der Waals surface area (Å²) in [4.78, 5) is 12.3. The van der Waals surface area contributed by atoms with E-state index >= 15 is 0 Å². The van der Waals surface area contributed by atoms with Gasteiger partial charge < -0.3 is 9.47 Å². The fraction of sp³-hybridized carbons (Fsp3) is 0.412. The Labute approximate surface area is 141 Å². The molecule has 0 bridgehead atoms. The molecule has 1 heterocycles. The lowest BCUT2D eigenvalue weighted by molar-refractivity contribution is 0.0502. The predicted octanol–water partition coefficient (Wildman–Crippen LogP) is 3.60. The highest BCUT2D eigenvalue weighted by atomic mass is 32.1. The highest BCUT2D eigenvalue weighted by molar-refractivity contribution is 7.78. The van der Waals surface area contributed by atoms with Gasteiger partial charge in [0.05, 0.1) is 12.2 Å². The number of aromatic nitrogens is 2.